The molecular formula is C15H18O2. The van der Waals surface area contributed by atoms with Gasteiger partial charge < -0.3 is 9.47 Å². The first-order valence-electron chi connectivity index (χ1n) is 5.92. The molecule has 0 heterocycles. The standard InChI is InChI=1S/C15H18O2/c1-4-16-15(2,3)17-14-10-9-12-7-5-6-8-13(12)11-14/h5-11H,4H2,1-3H3. The van der Waals surface area contributed by atoms with E-state index in [1.54, 1.807) is 0 Å². The van der Waals surface area contributed by atoms with Crippen molar-refractivity contribution in [2.45, 2.75) is 26.6 Å². The summed E-state index contributed by atoms with van der Waals surface area (Å²) in [6.45, 7) is 6.45. The maximum atomic E-state index is 5.83. The van der Waals surface area contributed by atoms with Gasteiger partial charge in [0.1, 0.15) is 5.75 Å². The molecule has 2 heteroatoms. The highest BCUT2D eigenvalue weighted by atomic mass is 16.7. The van der Waals surface area contributed by atoms with E-state index < -0.39 is 5.79 Å². The smallest absolute Gasteiger partial charge is 0.204 e. The minimum Gasteiger partial charge on any atom is -0.463 e. The van der Waals surface area contributed by atoms with Crippen LogP contribution in [0.25, 0.3) is 10.8 Å². The third-order valence-corrected chi connectivity index (χ3v) is 2.58. The highest BCUT2D eigenvalue weighted by Gasteiger charge is 2.19. The molecular weight excluding hydrogens is 212 g/mol. The molecule has 2 aromatic carbocycles. The molecule has 0 aliphatic carbocycles. The van der Waals surface area contributed by atoms with Crippen LogP contribution >= 0.6 is 0 Å². The number of benzene rings is 2. The largest absolute Gasteiger partial charge is 0.463 e. The topological polar surface area (TPSA) is 18.5 Å². The van der Waals surface area contributed by atoms with Gasteiger partial charge in [0.2, 0.25) is 5.79 Å². The summed E-state index contributed by atoms with van der Waals surface area (Å²) in [5.74, 6) is 0.249. The zero-order chi connectivity index (χ0) is 12.3. The summed E-state index contributed by atoms with van der Waals surface area (Å²) < 4.78 is 11.4. The van der Waals surface area contributed by atoms with Gasteiger partial charge in [-0.15, -0.1) is 0 Å². The Morgan fingerprint density at radius 2 is 1.71 bits per heavy atom. The highest BCUT2D eigenvalue weighted by molar-refractivity contribution is 5.83. The molecule has 0 aliphatic rings. The fourth-order valence-corrected chi connectivity index (χ4v) is 1.89. The Morgan fingerprint density at radius 1 is 1.00 bits per heavy atom. The summed E-state index contributed by atoms with van der Waals surface area (Å²) in [4.78, 5) is 0. The second-order valence-corrected chi connectivity index (χ2v) is 4.44. The second-order valence-electron chi connectivity index (χ2n) is 4.44. The molecule has 0 bridgehead atoms. The molecule has 0 radical (unpaired) electrons. The maximum absolute atomic E-state index is 5.83. The number of rotatable bonds is 4. The van der Waals surface area contributed by atoms with E-state index in [2.05, 4.69) is 18.2 Å². The molecule has 90 valence electrons. The minimum atomic E-state index is -0.586. The van der Waals surface area contributed by atoms with E-state index in [1.165, 1.54) is 10.8 Å². The molecule has 0 aromatic heterocycles. The number of hydrogen-bond acceptors (Lipinski definition) is 2. The fourth-order valence-electron chi connectivity index (χ4n) is 1.89. The van der Waals surface area contributed by atoms with Crippen molar-refractivity contribution in [3.8, 4) is 5.75 Å². The Hall–Kier alpha value is -1.54. The first-order valence-corrected chi connectivity index (χ1v) is 5.92. The lowest BCUT2D eigenvalue weighted by molar-refractivity contribution is -0.152. The van der Waals surface area contributed by atoms with Crippen molar-refractivity contribution in [2.75, 3.05) is 6.61 Å². The highest BCUT2D eigenvalue weighted by Crippen LogP contribution is 2.24. The predicted octanol–water partition coefficient (Wildman–Crippen LogP) is 3.99. The van der Waals surface area contributed by atoms with Crippen LogP contribution in [-0.4, -0.2) is 12.4 Å². The molecule has 0 fully saturated rings. The quantitative estimate of drug-likeness (QED) is 0.739. The molecule has 0 N–H and O–H groups in total. The first-order chi connectivity index (χ1) is 8.11. The number of fused-ring (bicyclic) bond motifs is 1. The summed E-state index contributed by atoms with van der Waals surface area (Å²) in [6, 6.07) is 14.3. The van der Waals surface area contributed by atoms with Crippen LogP contribution in [0.2, 0.25) is 0 Å². The van der Waals surface area contributed by atoms with Gasteiger partial charge in [0.05, 0.1) is 0 Å². The third kappa shape index (κ3) is 2.98. The first kappa shape index (κ1) is 11.9. The monoisotopic (exact) mass is 230 g/mol. The normalized spacial score (nSPS) is 11.7. The molecule has 0 spiro atoms. The van der Waals surface area contributed by atoms with Crippen LogP contribution in [0.3, 0.4) is 0 Å². The summed E-state index contributed by atoms with van der Waals surface area (Å²) in [7, 11) is 0. The average molecular weight is 230 g/mol. The van der Waals surface area contributed by atoms with E-state index in [4.69, 9.17) is 9.47 Å². The van der Waals surface area contributed by atoms with Crippen LogP contribution in [0.5, 0.6) is 5.75 Å². The summed E-state index contributed by atoms with van der Waals surface area (Å²) in [5, 5.41) is 2.39. The van der Waals surface area contributed by atoms with Crippen LogP contribution in [0.15, 0.2) is 42.5 Å². The average Bonchev–Trinajstić information content (AvgIpc) is 2.28. The van der Waals surface area contributed by atoms with E-state index in [0.717, 1.165) is 5.75 Å². The molecule has 0 saturated heterocycles. The lowest BCUT2D eigenvalue weighted by Crippen LogP contribution is -2.31. The Bertz CT molecular complexity index is 503. The Labute approximate surface area is 102 Å². The van der Waals surface area contributed by atoms with Crippen molar-refractivity contribution in [3.63, 3.8) is 0 Å². The van der Waals surface area contributed by atoms with Gasteiger partial charge in [-0.1, -0.05) is 30.3 Å². The molecule has 17 heavy (non-hydrogen) atoms. The van der Waals surface area contributed by atoms with Crippen LogP contribution in [0.4, 0.5) is 0 Å². The van der Waals surface area contributed by atoms with E-state index in [0.29, 0.717) is 6.61 Å². The van der Waals surface area contributed by atoms with Crippen LogP contribution in [0.1, 0.15) is 20.8 Å². The zero-order valence-electron chi connectivity index (χ0n) is 10.6. The minimum absolute atomic E-state index is 0.586. The SMILES string of the molecule is CCOC(C)(C)Oc1ccc2ccccc2c1. The van der Waals surface area contributed by atoms with E-state index >= 15 is 0 Å². The lowest BCUT2D eigenvalue weighted by Gasteiger charge is -2.26. The number of hydrogen-bond donors (Lipinski definition) is 0. The van der Waals surface area contributed by atoms with Crippen LogP contribution in [0, 0.1) is 0 Å². The van der Waals surface area contributed by atoms with E-state index in [1.807, 2.05) is 45.0 Å². The van der Waals surface area contributed by atoms with Gasteiger partial charge in [-0.05, 0) is 29.8 Å². The molecule has 2 aromatic rings. The van der Waals surface area contributed by atoms with Crippen molar-refractivity contribution < 1.29 is 9.47 Å². The van der Waals surface area contributed by atoms with Crippen LogP contribution < -0.4 is 4.74 Å². The Balaban J connectivity index is 2.25. The van der Waals surface area contributed by atoms with Crippen molar-refractivity contribution in [1.82, 2.24) is 0 Å². The van der Waals surface area contributed by atoms with Gasteiger partial charge in [0, 0.05) is 20.5 Å². The molecule has 0 amide bonds. The van der Waals surface area contributed by atoms with Gasteiger partial charge in [-0.2, -0.15) is 0 Å². The molecule has 0 aliphatic heterocycles. The van der Waals surface area contributed by atoms with Crippen molar-refractivity contribution >= 4 is 10.8 Å². The van der Waals surface area contributed by atoms with Crippen molar-refractivity contribution in [1.29, 1.82) is 0 Å². The number of ether oxygens (including phenoxy) is 2. The van der Waals surface area contributed by atoms with Gasteiger partial charge in [0.25, 0.3) is 0 Å². The molecule has 0 atom stereocenters. The second kappa shape index (κ2) is 4.76. The third-order valence-electron chi connectivity index (χ3n) is 2.58. The van der Waals surface area contributed by atoms with E-state index in [-0.39, 0.29) is 0 Å². The fraction of sp³-hybridized carbons (Fsp3) is 0.333. The lowest BCUT2D eigenvalue weighted by atomic mass is 10.1. The molecule has 0 unspecified atom stereocenters. The van der Waals surface area contributed by atoms with Crippen LogP contribution in [-0.2, 0) is 4.74 Å². The predicted molar refractivity (Wildman–Crippen MR) is 70.3 cm³/mol. The summed E-state index contributed by atoms with van der Waals surface area (Å²) in [6.07, 6.45) is 0. The van der Waals surface area contributed by atoms with Gasteiger partial charge in [-0.25, -0.2) is 0 Å². The van der Waals surface area contributed by atoms with Crippen molar-refractivity contribution in [3.05, 3.63) is 42.5 Å². The van der Waals surface area contributed by atoms with Gasteiger partial charge >= 0.3 is 0 Å². The molecule has 0 saturated carbocycles. The van der Waals surface area contributed by atoms with Gasteiger partial charge in [0.15, 0.2) is 0 Å². The van der Waals surface area contributed by atoms with Gasteiger partial charge in [-0.3, -0.25) is 0 Å². The Morgan fingerprint density at radius 3 is 2.41 bits per heavy atom. The van der Waals surface area contributed by atoms with E-state index in [9.17, 15) is 0 Å². The maximum Gasteiger partial charge on any atom is 0.204 e. The molecule has 2 rings (SSSR count). The van der Waals surface area contributed by atoms with Crippen molar-refractivity contribution in [2.24, 2.45) is 0 Å². The zero-order valence-corrected chi connectivity index (χ0v) is 10.6. The summed E-state index contributed by atoms with van der Waals surface area (Å²) >= 11 is 0. The molecule has 2 nitrogen and oxygen atoms in total. The summed E-state index contributed by atoms with van der Waals surface area (Å²) in [5.41, 5.74) is 0. The Kier molecular flexibility index (Phi) is 3.34.